The van der Waals surface area contributed by atoms with Gasteiger partial charge in [-0.3, -0.25) is 0 Å². The molecule has 0 radical (unpaired) electrons. The van der Waals surface area contributed by atoms with Gasteiger partial charge in [0.15, 0.2) is 0 Å². The molecule has 0 bridgehead atoms. The molecule has 0 aliphatic carbocycles. The van der Waals surface area contributed by atoms with Crippen molar-refractivity contribution in [3.8, 4) is 0 Å². The first kappa shape index (κ1) is 647. The molecule has 0 aliphatic heterocycles. The van der Waals surface area contributed by atoms with Gasteiger partial charge in [-0.25, -0.2) is 9.59 Å². The molecule has 0 saturated heterocycles. The fourth-order valence-corrected chi connectivity index (χ4v) is 0. The Morgan fingerprint density at radius 2 is 0.0787 bits per heavy atom. The minimum Gasteiger partial charge on any atom is -0.450 e. The summed E-state index contributed by atoms with van der Waals surface area (Å²) in [7, 11) is 0. The van der Waals surface area contributed by atoms with Crippen molar-refractivity contribution in [3.63, 3.8) is 0 Å². The Hall–Kier alpha value is 79.5. The van der Waals surface area contributed by atoms with Gasteiger partial charge in [-0.05, 0) is 0 Å². The summed E-state index contributed by atoms with van der Waals surface area (Å²) in [4.78, 5) is 17.1. The van der Waals surface area contributed by atoms with Crippen molar-refractivity contribution in [2.45, 2.75) is 0 Å². The molecule has 0 unspecified atom stereocenters. The van der Waals surface area contributed by atoms with Gasteiger partial charge in [-0.2, -0.15) is 0 Å². The molecule has 0 saturated carbocycles. The van der Waals surface area contributed by atoms with E-state index in [2.05, 4.69) is 0 Å². The van der Waals surface area contributed by atoms with E-state index in [0.29, 0.717) is 0 Å². The number of hydrogen-bond acceptors (Lipinski definition) is 2. The molecule has 0 aromatic carbocycles. The van der Waals surface area contributed by atoms with Crippen LogP contribution in [0.5, 0.6) is 0 Å². The van der Waals surface area contributed by atoms with Crippen LogP contribution in [0.2, 0.25) is 0 Å². The molecular formula is C2H4Na81O6+81. The molecule has 0 atom stereocenters. The van der Waals surface area contributed by atoms with Crippen LogP contribution in [-0.4, -0.2) is 32.7 Å². The number of carboxylic acid groups (broad SMARTS) is 4. The summed E-state index contributed by atoms with van der Waals surface area (Å²) in [5, 5.41) is 27.9. The predicted octanol–water partition coefficient (Wildman–Crippen LogP) is -242. The van der Waals surface area contributed by atoms with Gasteiger partial charge in [0.25, 0.3) is 0 Å². The Kier molecular flexibility index (Phi) is 4610. The van der Waals surface area contributed by atoms with Gasteiger partial charge in [-0.1, -0.05) is 0 Å². The summed E-state index contributed by atoms with van der Waals surface area (Å²) in [6.07, 6.45) is -3.67. The molecular weight excluding hydrogens is 1980 g/mol. The van der Waals surface area contributed by atoms with Crippen LogP contribution in [0.1, 0.15) is 0 Å². The summed E-state index contributed by atoms with van der Waals surface area (Å²) in [5.74, 6) is 0. The van der Waals surface area contributed by atoms with Gasteiger partial charge < -0.3 is 20.4 Å². The maximum absolute atomic E-state index is 8.56. The first-order valence-corrected chi connectivity index (χ1v) is 1.30. The Bertz CT molecular complexity index is 103. The van der Waals surface area contributed by atoms with Crippen molar-refractivity contribution in [3.05, 3.63) is 0 Å². The Labute approximate surface area is 2350 Å². The van der Waals surface area contributed by atoms with E-state index >= 15 is 0 Å². The fourth-order valence-electron chi connectivity index (χ4n) is 0. The van der Waals surface area contributed by atoms with Crippen molar-refractivity contribution in [1.82, 2.24) is 0 Å². The zero-order valence-electron chi connectivity index (χ0n) is 84.6. The van der Waals surface area contributed by atoms with Crippen molar-refractivity contribution >= 4 is 12.3 Å². The molecule has 0 rings (SSSR count). The first-order chi connectivity index (χ1) is 3.46. The normalized spacial score (nSPS) is 0.539. The molecule has 0 aromatic rings. The van der Waals surface area contributed by atoms with Gasteiger partial charge in [-0.15, -0.1) is 0 Å². The number of hydrogen-bond donors (Lipinski definition) is 4. The fraction of sp³-hybridized carbons (Fsp3) is 0. The van der Waals surface area contributed by atoms with E-state index < -0.39 is 12.3 Å². The summed E-state index contributed by atoms with van der Waals surface area (Å²) in [6.45, 7) is 0. The zero-order chi connectivity index (χ0) is 7.15. The standard InChI is InChI=1S/2CH2O3.81Na/c2*2-1(3)4;;;;;;;;;;;;;;;;;;;;;;;;;;;;;;;;;;;;;;;;;;;;;;;;;;;;;;;;;;;;;;;;;;;;;;;;;;;;;;;;;/h2*(H2,2,3,4);;;;;;;;;;;;;;;;;;;;;;;;;;;;;;;;;;;;;;;;;;;;;;;;;;;;;;;;;;;;;;;;;;;;;;;;;;;;;;;;;/q;;81*+1. The average molecular weight is 1990 g/mol. The Morgan fingerprint density at radius 3 is 0.0787 bits per heavy atom. The van der Waals surface area contributed by atoms with Crippen LogP contribution in [0.25, 0.3) is 0 Å². The molecule has 89 heavy (non-hydrogen) atoms. The van der Waals surface area contributed by atoms with Gasteiger partial charge in [0.05, 0.1) is 0 Å². The van der Waals surface area contributed by atoms with Crippen LogP contribution in [0, 0.1) is 0 Å². The second-order valence-corrected chi connectivity index (χ2v) is 0.565. The summed E-state index contributed by atoms with van der Waals surface area (Å²) >= 11 is 0. The summed E-state index contributed by atoms with van der Waals surface area (Å²) in [6, 6.07) is 0. The van der Waals surface area contributed by atoms with E-state index in [1.807, 2.05) is 0 Å². The number of carbonyl (C=O) groups is 2. The minimum atomic E-state index is -1.83. The van der Waals surface area contributed by atoms with Crippen LogP contribution in [0.3, 0.4) is 0 Å². The molecule has 0 aliphatic rings. The first-order valence-electron chi connectivity index (χ1n) is 1.30. The molecule has 6 nitrogen and oxygen atoms in total. The third-order valence-electron chi connectivity index (χ3n) is 0. The van der Waals surface area contributed by atoms with Crippen LogP contribution in [0.4, 0.5) is 9.59 Å². The molecule has 4 N–H and O–H groups in total. The van der Waals surface area contributed by atoms with Crippen LogP contribution in [0.15, 0.2) is 0 Å². The molecule has 0 heterocycles. The van der Waals surface area contributed by atoms with Crippen LogP contribution < -0.4 is 2390 Å². The van der Waals surface area contributed by atoms with E-state index in [4.69, 9.17) is 30.0 Å². The quantitative estimate of drug-likeness (QED) is 0.180. The zero-order valence-corrected chi connectivity index (χ0v) is 247. The van der Waals surface area contributed by atoms with Crippen molar-refractivity contribution in [2.75, 3.05) is 0 Å². The van der Waals surface area contributed by atoms with Gasteiger partial charge in [0.2, 0.25) is 0 Å². The maximum atomic E-state index is 8.56. The topological polar surface area (TPSA) is 115 Å². The molecule has 87 heteroatoms. The minimum absolute atomic E-state index is 0. The largest absolute Gasteiger partial charge is 1.00 e. The van der Waals surface area contributed by atoms with Gasteiger partial charge in [0.1, 0.15) is 0 Å². The van der Waals surface area contributed by atoms with E-state index in [-0.39, 0.29) is 2390 Å². The Balaban J connectivity index is -0.0000000000523. The van der Waals surface area contributed by atoms with Gasteiger partial charge in [0, 0.05) is 0 Å². The monoisotopic (exact) mass is 1990 g/mol. The summed E-state index contributed by atoms with van der Waals surface area (Å²) < 4.78 is 0. The molecule has 0 aromatic heterocycles. The van der Waals surface area contributed by atoms with Crippen molar-refractivity contribution in [2.24, 2.45) is 0 Å². The third-order valence-corrected chi connectivity index (χ3v) is 0. The van der Waals surface area contributed by atoms with E-state index in [0.717, 1.165) is 0 Å². The van der Waals surface area contributed by atoms with Crippen molar-refractivity contribution in [1.29, 1.82) is 0 Å². The van der Waals surface area contributed by atoms with Crippen LogP contribution >= 0.6 is 0 Å². The van der Waals surface area contributed by atoms with Crippen LogP contribution in [-0.2, 0) is 0 Å². The SMILES string of the molecule is O=C(O)O.O=C(O)O.[Na+].[Na+].[Na+].[Na+].[Na+].[Na+].[Na+].[Na+].[Na+].[Na+].[Na+].[Na+].[Na+].[Na+].[Na+].[Na+].[Na+].[Na+].[Na+].[Na+].[Na+].[Na+].[Na+].[Na+].[Na+].[Na+].[Na+].[Na+].[Na+].[Na+].[Na+].[Na+].[Na+].[Na+].[Na+].[Na+].[Na+].[Na+].[Na+].[Na+].[Na+].[Na+].[Na+].[Na+].[Na+].[Na+].[Na+].[Na+].[Na+].[Na+].[Na+].[Na+].[Na+].[Na+].[Na+].[Na+].[Na+].[Na+].[Na+].[Na+].[Na+].[Na+].[Na+].[Na+].[Na+].[Na+].[Na+].[Na+].[Na+].[Na+].[Na+].[Na+].[Na+].[Na+].[Na+].[Na+].[Na+].[Na+].[Na+].[Na+].[Na+]. The van der Waals surface area contributed by atoms with Crippen molar-refractivity contribution < 1.29 is 2420 Å². The molecule has 0 amide bonds. The van der Waals surface area contributed by atoms with E-state index in [1.165, 1.54) is 0 Å². The smallest absolute Gasteiger partial charge is 0.450 e. The molecule has 0 fully saturated rings. The van der Waals surface area contributed by atoms with E-state index in [9.17, 15) is 0 Å². The third kappa shape index (κ3) is 726. The second kappa shape index (κ2) is 635. The molecule has 48 valence electrons. The van der Waals surface area contributed by atoms with E-state index in [1.54, 1.807) is 0 Å². The molecule has 0 spiro atoms. The average Bonchev–Trinajstić information content (AvgIpc) is 1.25. The second-order valence-electron chi connectivity index (χ2n) is 0.565. The Morgan fingerprint density at radius 1 is 0.0787 bits per heavy atom. The maximum Gasteiger partial charge on any atom is 1.00 e. The predicted molar refractivity (Wildman–Crippen MR) is 21.3 cm³/mol. The summed E-state index contributed by atoms with van der Waals surface area (Å²) in [5.41, 5.74) is 0. The number of rotatable bonds is 0. The van der Waals surface area contributed by atoms with Gasteiger partial charge >= 0.3 is 2410 Å².